The Hall–Kier alpha value is -1.55. The van der Waals surface area contributed by atoms with Crippen LogP contribution in [0.2, 0.25) is 0 Å². The number of urea groups is 1. The zero-order chi connectivity index (χ0) is 14.3. The number of rotatable bonds is 6. The number of aliphatic hydroxyl groups is 1. The summed E-state index contributed by atoms with van der Waals surface area (Å²) in [6.07, 6.45) is 0. The summed E-state index contributed by atoms with van der Waals surface area (Å²) in [5, 5.41) is 14.8. The van der Waals surface area contributed by atoms with Crippen LogP contribution in [0.1, 0.15) is 32.3 Å². The maximum Gasteiger partial charge on any atom is 0.315 e. The highest BCUT2D eigenvalue weighted by molar-refractivity contribution is 5.74. The van der Waals surface area contributed by atoms with Gasteiger partial charge < -0.3 is 15.7 Å². The lowest BCUT2D eigenvalue weighted by Gasteiger charge is -2.21. The highest BCUT2D eigenvalue weighted by atomic mass is 16.3. The van der Waals surface area contributed by atoms with Gasteiger partial charge in [0.2, 0.25) is 0 Å². The van der Waals surface area contributed by atoms with Gasteiger partial charge in [0.1, 0.15) is 0 Å². The van der Waals surface area contributed by atoms with E-state index in [2.05, 4.69) is 29.7 Å². The fourth-order valence-corrected chi connectivity index (χ4v) is 1.79. The second kappa shape index (κ2) is 7.79. The Morgan fingerprint density at radius 1 is 1.21 bits per heavy atom. The molecule has 1 aromatic carbocycles. The lowest BCUT2D eigenvalue weighted by atomic mass is 10.0. The molecule has 4 heteroatoms. The quantitative estimate of drug-likeness (QED) is 0.737. The Balaban J connectivity index is 2.38. The van der Waals surface area contributed by atoms with Crippen molar-refractivity contribution in [3.63, 3.8) is 0 Å². The minimum Gasteiger partial charge on any atom is -0.394 e. The fourth-order valence-electron chi connectivity index (χ4n) is 1.79. The summed E-state index contributed by atoms with van der Waals surface area (Å²) in [5.74, 6) is 0.473. The molecule has 0 heterocycles. The van der Waals surface area contributed by atoms with Crippen LogP contribution >= 0.6 is 0 Å². The predicted molar refractivity (Wildman–Crippen MR) is 77.1 cm³/mol. The Kier molecular flexibility index (Phi) is 6.36. The van der Waals surface area contributed by atoms with Gasteiger partial charge >= 0.3 is 6.03 Å². The van der Waals surface area contributed by atoms with Crippen molar-refractivity contribution in [2.24, 2.45) is 5.92 Å². The maximum absolute atomic E-state index is 11.7. The molecular formula is C15H24N2O2. The van der Waals surface area contributed by atoms with Crippen LogP contribution in [0.4, 0.5) is 4.79 Å². The number of benzene rings is 1. The normalized spacial score (nSPS) is 13.9. The van der Waals surface area contributed by atoms with Gasteiger partial charge in [0.05, 0.1) is 12.6 Å². The van der Waals surface area contributed by atoms with Gasteiger partial charge in [-0.15, -0.1) is 0 Å². The first kappa shape index (κ1) is 15.5. The topological polar surface area (TPSA) is 61.4 Å². The maximum atomic E-state index is 11.7. The molecule has 106 valence electrons. The highest BCUT2D eigenvalue weighted by Gasteiger charge is 2.15. The van der Waals surface area contributed by atoms with E-state index in [1.54, 1.807) is 0 Å². The second-order valence-corrected chi connectivity index (χ2v) is 5.20. The molecule has 1 aromatic rings. The Labute approximate surface area is 115 Å². The molecule has 0 aliphatic carbocycles. The van der Waals surface area contributed by atoms with E-state index >= 15 is 0 Å². The first-order valence-electron chi connectivity index (χ1n) is 6.74. The number of aliphatic hydroxyl groups excluding tert-OH is 1. The second-order valence-electron chi connectivity index (χ2n) is 5.20. The Bertz CT molecular complexity index is 379. The molecule has 3 N–H and O–H groups in total. The molecule has 2 amide bonds. The van der Waals surface area contributed by atoms with Crippen LogP contribution in [0.15, 0.2) is 30.3 Å². The summed E-state index contributed by atoms with van der Waals surface area (Å²) < 4.78 is 0. The minimum atomic E-state index is -0.226. The van der Waals surface area contributed by atoms with Crippen LogP contribution < -0.4 is 10.6 Å². The molecule has 0 saturated carbocycles. The number of carbonyl (C=O) groups is 1. The van der Waals surface area contributed by atoms with Crippen LogP contribution in [0.5, 0.6) is 0 Å². The van der Waals surface area contributed by atoms with Crippen LogP contribution in [0, 0.1) is 5.92 Å². The van der Waals surface area contributed by atoms with E-state index in [0.29, 0.717) is 6.54 Å². The van der Waals surface area contributed by atoms with Gasteiger partial charge in [-0.3, -0.25) is 0 Å². The van der Waals surface area contributed by atoms with E-state index in [1.807, 2.05) is 32.0 Å². The molecule has 0 aliphatic rings. The van der Waals surface area contributed by atoms with Gasteiger partial charge in [0.25, 0.3) is 0 Å². The van der Waals surface area contributed by atoms with Crippen LogP contribution in [-0.4, -0.2) is 30.3 Å². The van der Waals surface area contributed by atoms with E-state index in [0.717, 1.165) is 0 Å². The molecule has 0 spiro atoms. The molecule has 2 atom stereocenters. The molecule has 0 bridgehead atoms. The number of hydrogen-bond donors (Lipinski definition) is 3. The lowest BCUT2D eigenvalue weighted by Crippen LogP contribution is -2.47. The number of hydrogen-bond acceptors (Lipinski definition) is 2. The smallest absolute Gasteiger partial charge is 0.315 e. The molecule has 0 radical (unpaired) electrons. The van der Waals surface area contributed by atoms with E-state index in [4.69, 9.17) is 5.11 Å². The third kappa shape index (κ3) is 5.30. The van der Waals surface area contributed by atoms with Gasteiger partial charge in [0, 0.05) is 6.54 Å². The molecule has 0 fully saturated rings. The molecule has 0 aliphatic heterocycles. The first-order valence-corrected chi connectivity index (χ1v) is 6.74. The zero-order valence-electron chi connectivity index (χ0n) is 11.9. The largest absolute Gasteiger partial charge is 0.394 e. The summed E-state index contributed by atoms with van der Waals surface area (Å²) >= 11 is 0. The van der Waals surface area contributed by atoms with Crippen molar-refractivity contribution in [2.75, 3.05) is 13.2 Å². The first-order chi connectivity index (χ1) is 9.04. The third-order valence-corrected chi connectivity index (χ3v) is 3.26. The van der Waals surface area contributed by atoms with Crippen molar-refractivity contribution < 1.29 is 9.90 Å². The molecule has 0 unspecified atom stereocenters. The van der Waals surface area contributed by atoms with E-state index in [1.165, 1.54) is 5.56 Å². The van der Waals surface area contributed by atoms with Crippen molar-refractivity contribution in [3.8, 4) is 0 Å². The number of carbonyl (C=O) groups excluding carboxylic acids is 1. The summed E-state index contributed by atoms with van der Waals surface area (Å²) in [6.45, 7) is 6.54. The van der Waals surface area contributed by atoms with Gasteiger partial charge in [-0.25, -0.2) is 4.79 Å². The minimum absolute atomic E-state index is 0.0423. The van der Waals surface area contributed by atoms with Gasteiger partial charge in [-0.1, -0.05) is 51.1 Å². The Morgan fingerprint density at radius 3 is 2.37 bits per heavy atom. The average molecular weight is 264 g/mol. The van der Waals surface area contributed by atoms with E-state index < -0.39 is 0 Å². The van der Waals surface area contributed by atoms with Gasteiger partial charge in [-0.2, -0.15) is 0 Å². The van der Waals surface area contributed by atoms with Crippen molar-refractivity contribution in [1.29, 1.82) is 0 Å². The van der Waals surface area contributed by atoms with Crippen LogP contribution in [-0.2, 0) is 0 Å². The molecule has 4 nitrogen and oxygen atoms in total. The van der Waals surface area contributed by atoms with Crippen LogP contribution in [0.3, 0.4) is 0 Å². The summed E-state index contributed by atoms with van der Waals surface area (Å²) in [7, 11) is 0. The number of nitrogens with one attached hydrogen (secondary N) is 2. The highest BCUT2D eigenvalue weighted by Crippen LogP contribution is 2.12. The van der Waals surface area contributed by atoms with Crippen molar-refractivity contribution >= 4 is 6.03 Å². The van der Waals surface area contributed by atoms with Crippen molar-refractivity contribution in [2.45, 2.75) is 32.7 Å². The molecular weight excluding hydrogens is 240 g/mol. The summed E-state index contributed by atoms with van der Waals surface area (Å²) in [6, 6.07) is 9.63. The van der Waals surface area contributed by atoms with Crippen molar-refractivity contribution in [1.82, 2.24) is 10.6 Å². The summed E-state index contributed by atoms with van der Waals surface area (Å²) in [4.78, 5) is 11.7. The number of amides is 2. The van der Waals surface area contributed by atoms with Crippen molar-refractivity contribution in [3.05, 3.63) is 35.9 Å². The van der Waals surface area contributed by atoms with Gasteiger partial charge in [-0.05, 0) is 17.4 Å². The monoisotopic (exact) mass is 264 g/mol. The molecule has 0 saturated heterocycles. The molecule has 1 rings (SSSR count). The third-order valence-electron chi connectivity index (χ3n) is 3.26. The standard InChI is InChI=1S/C15H24N2O2/c1-11(2)14(10-18)17-15(19)16-9-12(3)13-7-5-4-6-8-13/h4-8,11-12,14,18H,9-10H2,1-3H3,(H2,16,17,19)/t12-,14-/m1/s1. The summed E-state index contributed by atoms with van der Waals surface area (Å²) in [5.41, 5.74) is 1.20. The Morgan fingerprint density at radius 2 is 1.84 bits per heavy atom. The van der Waals surface area contributed by atoms with E-state index in [9.17, 15) is 4.79 Å². The molecule has 0 aromatic heterocycles. The molecule has 19 heavy (non-hydrogen) atoms. The van der Waals surface area contributed by atoms with E-state index in [-0.39, 0.29) is 30.5 Å². The SMILES string of the molecule is CC(C)[C@@H](CO)NC(=O)NC[C@@H](C)c1ccccc1. The van der Waals surface area contributed by atoms with Crippen LogP contribution in [0.25, 0.3) is 0 Å². The van der Waals surface area contributed by atoms with Gasteiger partial charge in [0.15, 0.2) is 0 Å². The zero-order valence-corrected chi connectivity index (χ0v) is 11.9. The lowest BCUT2D eigenvalue weighted by molar-refractivity contribution is 0.198. The predicted octanol–water partition coefficient (Wildman–Crippen LogP) is 2.11. The average Bonchev–Trinajstić information content (AvgIpc) is 2.42. The fraction of sp³-hybridized carbons (Fsp3) is 0.533.